The Balaban J connectivity index is 1.29. The molecule has 0 spiro atoms. The number of methoxy groups -OCH3 is 1. The molecular formula is C29H29N5O3. The minimum absolute atomic E-state index is 0.0299. The standard InChI is InChI=1S/C29H29N5O3/c1-31-23-8-4-3-7-22(23)26-27(20-10-12-21(37-2)13-11-20)34(29(36)28(26)31)19-25(35)33-17-15-32(16-18-33)24-9-5-6-14-30-24/h3-14,27H,15-19H2,1-2H3/t27-/m0/s1. The number of para-hydroxylation sites is 1. The Morgan fingerprint density at radius 2 is 1.70 bits per heavy atom. The molecule has 8 nitrogen and oxygen atoms in total. The molecule has 8 heteroatoms. The molecule has 4 heterocycles. The van der Waals surface area contributed by atoms with E-state index >= 15 is 0 Å². The maximum Gasteiger partial charge on any atom is 0.272 e. The van der Waals surface area contributed by atoms with E-state index in [1.54, 1.807) is 18.2 Å². The molecule has 6 rings (SSSR count). The molecule has 2 amide bonds. The fraction of sp³-hybridized carbons (Fsp3) is 0.276. The molecule has 1 fully saturated rings. The number of amides is 2. The second-order valence-electron chi connectivity index (χ2n) is 9.50. The molecule has 188 valence electrons. The maximum atomic E-state index is 13.8. The van der Waals surface area contributed by atoms with Gasteiger partial charge in [-0.25, -0.2) is 4.98 Å². The van der Waals surface area contributed by atoms with Gasteiger partial charge in [-0.2, -0.15) is 0 Å². The molecule has 0 radical (unpaired) electrons. The van der Waals surface area contributed by atoms with Crippen LogP contribution in [0.1, 0.15) is 27.7 Å². The smallest absolute Gasteiger partial charge is 0.272 e. The first-order valence-corrected chi connectivity index (χ1v) is 12.5. The van der Waals surface area contributed by atoms with Crippen molar-refractivity contribution in [2.45, 2.75) is 6.04 Å². The monoisotopic (exact) mass is 495 g/mol. The number of piperazine rings is 1. The quantitative estimate of drug-likeness (QED) is 0.424. The number of anilines is 1. The lowest BCUT2D eigenvalue weighted by atomic mass is 9.98. The molecule has 0 aliphatic carbocycles. The highest BCUT2D eigenvalue weighted by Crippen LogP contribution is 2.44. The summed E-state index contributed by atoms with van der Waals surface area (Å²) in [5.41, 5.74) is 3.57. The molecule has 0 saturated carbocycles. The molecule has 0 bridgehead atoms. The number of benzene rings is 2. The van der Waals surface area contributed by atoms with Crippen LogP contribution in [0.15, 0.2) is 72.9 Å². The van der Waals surface area contributed by atoms with Crippen molar-refractivity contribution in [1.82, 2.24) is 19.4 Å². The van der Waals surface area contributed by atoms with E-state index < -0.39 is 0 Å². The van der Waals surface area contributed by atoms with Crippen LogP contribution >= 0.6 is 0 Å². The summed E-state index contributed by atoms with van der Waals surface area (Å²) in [6.45, 7) is 2.65. The lowest BCUT2D eigenvalue weighted by molar-refractivity contribution is -0.132. The third kappa shape index (κ3) is 3.89. The van der Waals surface area contributed by atoms with Gasteiger partial charge in [0.05, 0.1) is 13.2 Å². The zero-order chi connectivity index (χ0) is 25.5. The number of nitrogens with zero attached hydrogens (tertiary/aromatic N) is 5. The van der Waals surface area contributed by atoms with Crippen molar-refractivity contribution in [3.05, 3.63) is 89.7 Å². The highest BCUT2D eigenvalue weighted by molar-refractivity contribution is 6.07. The average Bonchev–Trinajstić information content (AvgIpc) is 3.41. The van der Waals surface area contributed by atoms with Crippen LogP contribution in [0.5, 0.6) is 5.75 Å². The van der Waals surface area contributed by atoms with Crippen molar-refractivity contribution < 1.29 is 14.3 Å². The molecular weight excluding hydrogens is 466 g/mol. The molecule has 2 aromatic heterocycles. The fourth-order valence-corrected chi connectivity index (χ4v) is 5.63. The number of aromatic nitrogens is 2. The van der Waals surface area contributed by atoms with Crippen molar-refractivity contribution in [2.75, 3.05) is 44.7 Å². The Bertz CT molecular complexity index is 1460. The number of aryl methyl sites for hydroxylation is 1. The summed E-state index contributed by atoms with van der Waals surface area (Å²) in [5, 5.41) is 1.04. The molecule has 2 aliphatic rings. The molecule has 0 unspecified atom stereocenters. The Morgan fingerprint density at radius 3 is 2.41 bits per heavy atom. The summed E-state index contributed by atoms with van der Waals surface area (Å²) in [7, 11) is 3.56. The van der Waals surface area contributed by atoms with E-state index in [0.717, 1.165) is 33.6 Å². The Labute approximate surface area is 215 Å². The lowest BCUT2D eigenvalue weighted by Crippen LogP contribution is -2.51. The van der Waals surface area contributed by atoms with Crippen LogP contribution < -0.4 is 9.64 Å². The van der Waals surface area contributed by atoms with Gasteiger partial charge in [-0.3, -0.25) is 9.59 Å². The zero-order valence-electron chi connectivity index (χ0n) is 21.0. The maximum absolute atomic E-state index is 13.8. The fourth-order valence-electron chi connectivity index (χ4n) is 5.63. The summed E-state index contributed by atoms with van der Waals surface area (Å²) < 4.78 is 7.31. The number of fused-ring (bicyclic) bond motifs is 3. The highest BCUT2D eigenvalue weighted by atomic mass is 16.5. The van der Waals surface area contributed by atoms with Crippen LogP contribution in [0.2, 0.25) is 0 Å². The van der Waals surface area contributed by atoms with Crippen LogP contribution in [-0.2, 0) is 11.8 Å². The van der Waals surface area contributed by atoms with Crippen LogP contribution in [0, 0.1) is 0 Å². The number of hydrogen-bond donors (Lipinski definition) is 0. The van der Waals surface area contributed by atoms with E-state index in [0.29, 0.717) is 31.9 Å². The third-order valence-electron chi connectivity index (χ3n) is 7.54. The second kappa shape index (κ2) is 9.28. The minimum atomic E-state index is -0.349. The first-order chi connectivity index (χ1) is 18.1. The van der Waals surface area contributed by atoms with Crippen LogP contribution in [0.25, 0.3) is 10.9 Å². The van der Waals surface area contributed by atoms with Gasteiger partial charge in [0.1, 0.15) is 23.8 Å². The first-order valence-electron chi connectivity index (χ1n) is 12.5. The van der Waals surface area contributed by atoms with Gasteiger partial charge in [-0.05, 0) is 35.9 Å². The van der Waals surface area contributed by atoms with Gasteiger partial charge >= 0.3 is 0 Å². The molecule has 1 saturated heterocycles. The van der Waals surface area contributed by atoms with Crippen molar-refractivity contribution in [1.29, 1.82) is 0 Å². The topological polar surface area (TPSA) is 70.9 Å². The molecule has 2 aromatic carbocycles. The largest absolute Gasteiger partial charge is 0.497 e. The number of hydrogen-bond acceptors (Lipinski definition) is 5. The van der Waals surface area contributed by atoms with Crippen molar-refractivity contribution in [2.24, 2.45) is 7.05 Å². The predicted molar refractivity (Wildman–Crippen MR) is 142 cm³/mol. The Kier molecular flexibility index (Phi) is 5.79. The SMILES string of the molecule is COc1ccc([C@H]2c3c(n(C)c4ccccc34)C(=O)N2CC(=O)N2CCN(c3ccccn3)CC2)cc1. The molecule has 4 aromatic rings. The number of carbonyl (C=O) groups excluding carboxylic acids is 2. The van der Waals surface area contributed by atoms with E-state index in [1.165, 1.54) is 0 Å². The molecule has 1 atom stereocenters. The second-order valence-corrected chi connectivity index (χ2v) is 9.50. The van der Waals surface area contributed by atoms with Gasteiger partial charge in [0.2, 0.25) is 5.91 Å². The van der Waals surface area contributed by atoms with E-state index in [4.69, 9.17) is 4.74 Å². The van der Waals surface area contributed by atoms with Crippen LogP contribution in [0.4, 0.5) is 5.82 Å². The highest BCUT2D eigenvalue weighted by Gasteiger charge is 2.43. The number of rotatable bonds is 5. The summed E-state index contributed by atoms with van der Waals surface area (Å²) in [4.78, 5) is 37.6. The lowest BCUT2D eigenvalue weighted by Gasteiger charge is -2.36. The summed E-state index contributed by atoms with van der Waals surface area (Å²) in [5.74, 6) is 1.52. The van der Waals surface area contributed by atoms with Crippen molar-refractivity contribution in [3.8, 4) is 5.75 Å². The first kappa shape index (κ1) is 23.1. The molecule has 37 heavy (non-hydrogen) atoms. The van der Waals surface area contributed by atoms with E-state index in [2.05, 4.69) is 16.0 Å². The predicted octanol–water partition coefficient (Wildman–Crippen LogP) is 3.48. The zero-order valence-corrected chi connectivity index (χ0v) is 21.0. The third-order valence-corrected chi connectivity index (χ3v) is 7.54. The van der Waals surface area contributed by atoms with E-state index in [-0.39, 0.29) is 24.4 Å². The van der Waals surface area contributed by atoms with Crippen LogP contribution in [-0.4, -0.2) is 71.0 Å². The summed E-state index contributed by atoms with van der Waals surface area (Å²) in [6, 6.07) is 21.3. The van der Waals surface area contributed by atoms with Crippen LogP contribution in [0.3, 0.4) is 0 Å². The summed E-state index contributed by atoms with van der Waals surface area (Å²) >= 11 is 0. The van der Waals surface area contributed by atoms with Crippen molar-refractivity contribution >= 4 is 28.5 Å². The normalized spacial score (nSPS) is 17.4. The number of pyridine rings is 1. The van der Waals surface area contributed by atoms with Gasteiger partial charge in [0.25, 0.3) is 5.91 Å². The van der Waals surface area contributed by atoms with Gasteiger partial charge in [-0.1, -0.05) is 36.4 Å². The van der Waals surface area contributed by atoms with Gasteiger partial charge < -0.3 is 24.0 Å². The Morgan fingerprint density at radius 1 is 0.973 bits per heavy atom. The Hall–Kier alpha value is -4.33. The van der Waals surface area contributed by atoms with Gasteiger partial charge in [-0.15, -0.1) is 0 Å². The number of carbonyl (C=O) groups is 2. The molecule has 2 aliphatic heterocycles. The van der Waals surface area contributed by atoms with Gasteiger partial charge in [0.15, 0.2) is 0 Å². The van der Waals surface area contributed by atoms with E-state index in [1.807, 2.05) is 77.2 Å². The van der Waals surface area contributed by atoms with Crippen molar-refractivity contribution in [3.63, 3.8) is 0 Å². The van der Waals surface area contributed by atoms with Gasteiger partial charge in [0, 0.05) is 55.9 Å². The average molecular weight is 496 g/mol. The molecule has 0 N–H and O–H groups in total. The summed E-state index contributed by atoms with van der Waals surface area (Å²) in [6.07, 6.45) is 1.78. The minimum Gasteiger partial charge on any atom is -0.497 e. The number of ether oxygens (including phenoxy) is 1. The van der Waals surface area contributed by atoms with E-state index in [9.17, 15) is 9.59 Å².